The van der Waals surface area contributed by atoms with Gasteiger partial charge < -0.3 is 9.47 Å². The maximum Gasteiger partial charge on any atom is 0.103 e. The lowest BCUT2D eigenvalue weighted by Crippen LogP contribution is -2.37. The minimum Gasteiger partial charge on any atom is -0.494 e. The van der Waals surface area contributed by atoms with Crippen molar-refractivity contribution >= 4 is 0 Å². The second-order valence-corrected chi connectivity index (χ2v) is 6.62. The molecule has 22 heavy (non-hydrogen) atoms. The summed E-state index contributed by atoms with van der Waals surface area (Å²) in [6.45, 7) is 13.0. The molecule has 1 atom stereocenters. The van der Waals surface area contributed by atoms with Crippen LogP contribution in [0.25, 0.3) is 0 Å². The molecule has 1 fully saturated rings. The van der Waals surface area contributed by atoms with E-state index in [1.54, 1.807) is 0 Å². The number of ether oxygens (including phenoxy) is 2. The minimum absolute atomic E-state index is 0.300. The molecule has 1 aliphatic heterocycles. The fraction of sp³-hybridized carbons (Fsp3) is 0.895. The van der Waals surface area contributed by atoms with E-state index in [0.29, 0.717) is 6.10 Å². The quantitative estimate of drug-likeness (QED) is 0.361. The van der Waals surface area contributed by atoms with Crippen molar-refractivity contribution in [3.05, 3.63) is 12.3 Å². The van der Waals surface area contributed by atoms with Gasteiger partial charge >= 0.3 is 0 Å². The van der Waals surface area contributed by atoms with Crippen LogP contribution in [0.1, 0.15) is 71.6 Å². The lowest BCUT2D eigenvalue weighted by atomic mass is 10.1. The molecule has 0 amide bonds. The highest BCUT2D eigenvalue weighted by molar-refractivity contribution is 4.88. The first-order valence-corrected chi connectivity index (χ1v) is 9.37. The maximum atomic E-state index is 5.94. The minimum atomic E-state index is 0.300. The van der Waals surface area contributed by atoms with Crippen LogP contribution in [0.4, 0.5) is 0 Å². The standard InChI is InChI=1S/C19H37NO2/c1-4-5-6-7-8-9-10-11-12-18(2)22-19(3)17-20-13-15-21-16-14-20/h18H,3-17H2,1-2H3. The zero-order chi connectivity index (χ0) is 16.0. The highest BCUT2D eigenvalue weighted by Crippen LogP contribution is 2.14. The smallest absolute Gasteiger partial charge is 0.103 e. The van der Waals surface area contributed by atoms with Crippen molar-refractivity contribution in [2.75, 3.05) is 32.8 Å². The van der Waals surface area contributed by atoms with Gasteiger partial charge in [0.25, 0.3) is 0 Å². The van der Waals surface area contributed by atoms with E-state index in [4.69, 9.17) is 9.47 Å². The average molecular weight is 312 g/mol. The lowest BCUT2D eigenvalue weighted by molar-refractivity contribution is 0.0280. The van der Waals surface area contributed by atoms with Gasteiger partial charge in [-0.1, -0.05) is 58.4 Å². The highest BCUT2D eigenvalue weighted by atomic mass is 16.5. The lowest BCUT2D eigenvalue weighted by Gasteiger charge is -2.28. The van der Waals surface area contributed by atoms with Gasteiger partial charge in [-0.25, -0.2) is 0 Å². The van der Waals surface area contributed by atoms with Crippen LogP contribution >= 0.6 is 0 Å². The van der Waals surface area contributed by atoms with E-state index in [0.717, 1.165) is 45.0 Å². The van der Waals surface area contributed by atoms with Gasteiger partial charge in [-0.05, 0) is 19.8 Å². The molecule has 1 unspecified atom stereocenters. The summed E-state index contributed by atoms with van der Waals surface area (Å²) in [5.74, 6) is 0.911. The molecule has 1 rings (SSSR count). The second-order valence-electron chi connectivity index (χ2n) is 6.62. The first kappa shape index (κ1) is 19.5. The van der Waals surface area contributed by atoms with Crippen LogP contribution in [0.15, 0.2) is 12.3 Å². The summed E-state index contributed by atoms with van der Waals surface area (Å²) in [6, 6.07) is 0. The topological polar surface area (TPSA) is 21.7 Å². The average Bonchev–Trinajstić information content (AvgIpc) is 2.50. The van der Waals surface area contributed by atoms with E-state index in [-0.39, 0.29) is 0 Å². The Morgan fingerprint density at radius 3 is 2.27 bits per heavy atom. The molecule has 1 saturated heterocycles. The van der Waals surface area contributed by atoms with E-state index >= 15 is 0 Å². The van der Waals surface area contributed by atoms with Crippen LogP contribution in [-0.2, 0) is 9.47 Å². The van der Waals surface area contributed by atoms with Crippen LogP contribution in [0, 0.1) is 0 Å². The fourth-order valence-electron chi connectivity index (χ4n) is 2.96. The Labute approximate surface area is 138 Å². The molecule has 3 heteroatoms. The molecular weight excluding hydrogens is 274 g/mol. The van der Waals surface area contributed by atoms with Crippen molar-refractivity contribution in [2.45, 2.75) is 77.7 Å². The Kier molecular flexibility index (Phi) is 11.5. The summed E-state index contributed by atoms with van der Waals surface area (Å²) in [5, 5.41) is 0. The van der Waals surface area contributed by atoms with Gasteiger partial charge in [-0.15, -0.1) is 0 Å². The number of morpholine rings is 1. The van der Waals surface area contributed by atoms with Gasteiger partial charge in [-0.3, -0.25) is 4.90 Å². The SMILES string of the molecule is C=C(CN1CCOCC1)OC(C)CCCCCCCCCC. The first-order chi connectivity index (χ1) is 10.7. The molecule has 0 saturated carbocycles. The number of rotatable bonds is 13. The van der Waals surface area contributed by atoms with Gasteiger partial charge in [0, 0.05) is 13.1 Å². The molecular formula is C19H37NO2. The summed E-state index contributed by atoms with van der Waals surface area (Å²) in [4.78, 5) is 2.36. The molecule has 1 heterocycles. The Morgan fingerprint density at radius 1 is 1.05 bits per heavy atom. The van der Waals surface area contributed by atoms with Crippen LogP contribution in [-0.4, -0.2) is 43.9 Å². The summed E-state index contributed by atoms with van der Waals surface area (Å²) in [6.07, 6.45) is 12.4. The normalized spacial score (nSPS) is 17.4. The van der Waals surface area contributed by atoms with Crippen molar-refractivity contribution in [3.8, 4) is 0 Å². The number of hydrogen-bond donors (Lipinski definition) is 0. The Balaban J connectivity index is 1.93. The van der Waals surface area contributed by atoms with Crippen molar-refractivity contribution in [1.82, 2.24) is 4.90 Å². The molecule has 0 aliphatic carbocycles. The molecule has 0 spiro atoms. The van der Waals surface area contributed by atoms with E-state index in [1.165, 1.54) is 51.4 Å². The number of unbranched alkanes of at least 4 members (excludes halogenated alkanes) is 7. The summed E-state index contributed by atoms with van der Waals surface area (Å²) in [5.41, 5.74) is 0. The third-order valence-corrected chi connectivity index (χ3v) is 4.34. The van der Waals surface area contributed by atoms with Gasteiger partial charge in [0.15, 0.2) is 0 Å². The second kappa shape index (κ2) is 13.0. The van der Waals surface area contributed by atoms with Crippen molar-refractivity contribution < 1.29 is 9.47 Å². The predicted molar refractivity (Wildman–Crippen MR) is 94.2 cm³/mol. The monoisotopic (exact) mass is 311 g/mol. The van der Waals surface area contributed by atoms with Gasteiger partial charge in [0.05, 0.1) is 25.9 Å². The predicted octanol–water partition coefficient (Wildman–Crippen LogP) is 4.77. The van der Waals surface area contributed by atoms with E-state index in [2.05, 4.69) is 25.3 Å². The molecule has 0 radical (unpaired) electrons. The molecule has 1 aliphatic rings. The molecule has 130 valence electrons. The molecule has 0 aromatic rings. The van der Waals surface area contributed by atoms with Crippen LogP contribution in [0.5, 0.6) is 0 Å². The highest BCUT2D eigenvalue weighted by Gasteiger charge is 2.13. The van der Waals surface area contributed by atoms with E-state index in [9.17, 15) is 0 Å². The summed E-state index contributed by atoms with van der Waals surface area (Å²) in [7, 11) is 0. The summed E-state index contributed by atoms with van der Waals surface area (Å²) < 4.78 is 11.3. The van der Waals surface area contributed by atoms with Gasteiger partial charge in [-0.2, -0.15) is 0 Å². The third kappa shape index (κ3) is 10.2. The third-order valence-electron chi connectivity index (χ3n) is 4.34. The van der Waals surface area contributed by atoms with E-state index in [1.807, 2.05) is 0 Å². The molecule has 0 bridgehead atoms. The Bertz CT molecular complexity index is 275. The first-order valence-electron chi connectivity index (χ1n) is 9.37. The maximum absolute atomic E-state index is 5.94. The van der Waals surface area contributed by atoms with Crippen LogP contribution in [0.3, 0.4) is 0 Å². The van der Waals surface area contributed by atoms with Crippen molar-refractivity contribution in [2.24, 2.45) is 0 Å². The molecule has 0 N–H and O–H groups in total. The number of nitrogens with zero attached hydrogens (tertiary/aromatic N) is 1. The Hall–Kier alpha value is -0.540. The molecule has 0 aromatic heterocycles. The molecule has 3 nitrogen and oxygen atoms in total. The van der Waals surface area contributed by atoms with Crippen LogP contribution in [0.2, 0.25) is 0 Å². The number of hydrogen-bond acceptors (Lipinski definition) is 3. The summed E-state index contributed by atoms with van der Waals surface area (Å²) >= 11 is 0. The van der Waals surface area contributed by atoms with Gasteiger partial charge in [0.1, 0.15) is 5.76 Å². The molecule has 0 aromatic carbocycles. The van der Waals surface area contributed by atoms with Crippen LogP contribution < -0.4 is 0 Å². The van der Waals surface area contributed by atoms with Crippen molar-refractivity contribution in [1.29, 1.82) is 0 Å². The van der Waals surface area contributed by atoms with Gasteiger partial charge in [0.2, 0.25) is 0 Å². The zero-order valence-corrected chi connectivity index (χ0v) is 14.9. The Morgan fingerprint density at radius 2 is 1.64 bits per heavy atom. The van der Waals surface area contributed by atoms with Crippen molar-refractivity contribution in [3.63, 3.8) is 0 Å². The largest absolute Gasteiger partial charge is 0.494 e. The van der Waals surface area contributed by atoms with E-state index < -0.39 is 0 Å². The fourth-order valence-corrected chi connectivity index (χ4v) is 2.96. The zero-order valence-electron chi connectivity index (χ0n) is 14.9.